The summed E-state index contributed by atoms with van der Waals surface area (Å²) in [5, 5.41) is 44.4. The second-order valence-electron chi connectivity index (χ2n) is 21.2. The van der Waals surface area contributed by atoms with E-state index in [0.717, 1.165) is 51.4 Å². The van der Waals surface area contributed by atoms with Crippen molar-refractivity contribution in [1.29, 1.82) is 0 Å². The number of rotatable bonds is 7. The minimum absolute atomic E-state index is 0.0567. The van der Waals surface area contributed by atoms with E-state index in [1.165, 1.54) is 12.2 Å². The molecule has 8 aliphatic rings. The fourth-order valence-electron chi connectivity index (χ4n) is 16.5. The van der Waals surface area contributed by atoms with Crippen molar-refractivity contribution in [2.75, 3.05) is 6.61 Å². The quantitative estimate of drug-likeness (QED) is 0.206. The van der Waals surface area contributed by atoms with Gasteiger partial charge in [-0.25, -0.2) is 4.39 Å². The van der Waals surface area contributed by atoms with Crippen molar-refractivity contribution in [2.24, 2.45) is 74.9 Å². The molecule has 55 heavy (non-hydrogen) atoms. The molecule has 7 saturated carbocycles. The smallest absolute Gasteiger partial charge is 0.306 e. The summed E-state index contributed by atoms with van der Waals surface area (Å²) < 4.78 is 24.2. The summed E-state index contributed by atoms with van der Waals surface area (Å²) in [6, 6.07) is 0. The van der Waals surface area contributed by atoms with E-state index in [0.29, 0.717) is 54.9 Å². The molecule has 0 radical (unpaired) electrons. The van der Waals surface area contributed by atoms with Crippen LogP contribution in [0.25, 0.3) is 0 Å². The van der Waals surface area contributed by atoms with Crippen molar-refractivity contribution < 1.29 is 43.9 Å². The lowest BCUT2D eigenvalue weighted by Gasteiger charge is -2.62. The maximum atomic E-state index is 17.8. The molecule has 9 heteroatoms. The van der Waals surface area contributed by atoms with E-state index in [4.69, 9.17) is 4.74 Å². The molecule has 0 amide bonds. The molecule has 0 bridgehead atoms. The topological polar surface area (TPSA) is 141 Å². The molecule has 0 aromatic rings. The molecule has 4 unspecified atom stereocenters. The molecule has 0 aromatic heterocycles. The Morgan fingerprint density at radius 2 is 1.64 bits per heavy atom. The number of alkyl halides is 1. The average Bonchev–Trinajstić information content (AvgIpc) is 3.59. The Kier molecular flexibility index (Phi) is 9.63. The van der Waals surface area contributed by atoms with Gasteiger partial charge in [0.15, 0.2) is 17.1 Å². The van der Waals surface area contributed by atoms with Crippen LogP contribution in [0.2, 0.25) is 0 Å². The molecule has 0 aromatic carbocycles. The number of Topliss-reactive ketones (excluding diaryl/α,β-unsaturated/α-hetero) is 1. The van der Waals surface area contributed by atoms with E-state index in [2.05, 4.69) is 20.8 Å². The van der Waals surface area contributed by atoms with Crippen LogP contribution in [0.15, 0.2) is 23.8 Å². The van der Waals surface area contributed by atoms with Crippen molar-refractivity contribution >= 4 is 17.5 Å². The number of carbonyl (C=O) groups is 3. The maximum absolute atomic E-state index is 17.8. The lowest BCUT2D eigenvalue weighted by atomic mass is 9.43. The van der Waals surface area contributed by atoms with E-state index >= 15 is 4.39 Å². The summed E-state index contributed by atoms with van der Waals surface area (Å²) in [4.78, 5) is 40.4. The van der Waals surface area contributed by atoms with Gasteiger partial charge in [-0.15, -0.1) is 0 Å². The van der Waals surface area contributed by atoms with Crippen molar-refractivity contribution in [1.82, 2.24) is 0 Å². The number of ketones is 2. The third-order valence-electron chi connectivity index (χ3n) is 19.2. The third-order valence-corrected chi connectivity index (χ3v) is 19.2. The first kappa shape index (κ1) is 39.9. The van der Waals surface area contributed by atoms with Crippen LogP contribution < -0.4 is 0 Å². The zero-order chi connectivity index (χ0) is 39.7. The normalized spacial score (nSPS) is 53.1. The van der Waals surface area contributed by atoms with Gasteiger partial charge in [0.25, 0.3) is 0 Å². The van der Waals surface area contributed by atoms with Crippen LogP contribution in [-0.2, 0) is 19.1 Å². The largest absolute Gasteiger partial charge is 0.450 e. The summed E-state index contributed by atoms with van der Waals surface area (Å²) in [6.07, 6.45) is 12.1. The summed E-state index contributed by atoms with van der Waals surface area (Å²) in [7, 11) is 0. The Hall–Kier alpha value is -1.94. The van der Waals surface area contributed by atoms with E-state index in [9.17, 15) is 34.8 Å². The van der Waals surface area contributed by atoms with Gasteiger partial charge >= 0.3 is 5.97 Å². The van der Waals surface area contributed by atoms with Crippen LogP contribution in [0.5, 0.6) is 0 Å². The van der Waals surface area contributed by atoms with Gasteiger partial charge in [0.2, 0.25) is 5.78 Å². The standard InChI is InChI=1S/C46H67FO8/c1-25(31-10-11-33-40-34(15-17-42(31,33)4)41(3)16-13-29(49)21-28(41)22-36(40)51)7-12-39(54)55-46(38(53)24-48)26(2)19-35-32-9-8-27-20-30(50)14-18-43(27,5)45(32,47)37(52)23-44(35,46)6/h14,18,20,25-26,28-29,31-37,40,48-49,51-52H,7-13,15-17,19,21-24H2,1-6H3/t25-,26-,28?,29+,31-,32+,33?,34?,35+,36+,37+,40?,41+,42-,43+,44+,45+,46+/m1/s1. The van der Waals surface area contributed by atoms with Crippen molar-refractivity contribution in [2.45, 2.75) is 161 Å². The first-order valence-corrected chi connectivity index (χ1v) is 21.8. The van der Waals surface area contributed by atoms with Crippen LogP contribution in [0.3, 0.4) is 0 Å². The lowest BCUT2D eigenvalue weighted by Crippen LogP contribution is -2.70. The Morgan fingerprint density at radius 3 is 2.36 bits per heavy atom. The molecule has 306 valence electrons. The Morgan fingerprint density at radius 1 is 0.927 bits per heavy atom. The van der Waals surface area contributed by atoms with Crippen LogP contribution >= 0.6 is 0 Å². The SMILES string of the molecule is C[C@H](CCC(=O)O[C@]1(C(=O)CO)[C@H](C)C[C@H]2[C@@H]3CCC4=CC(=O)C=C[C@]4(C)[C@@]3(F)[C@@H](O)C[C@@]21C)[C@H]1CCC2C3C(CC[C@@]21C)[C@@]1(C)CC[C@H](O)CC1C[C@@H]3O. The Balaban J connectivity index is 0.986. The van der Waals surface area contributed by atoms with Crippen molar-refractivity contribution in [3.05, 3.63) is 23.8 Å². The summed E-state index contributed by atoms with van der Waals surface area (Å²) in [5.74, 6) is -0.660. The molecule has 4 N–H and O–H groups in total. The highest BCUT2D eigenvalue weighted by Crippen LogP contribution is 2.72. The number of aliphatic hydroxyl groups excluding tert-OH is 4. The van der Waals surface area contributed by atoms with Crippen LogP contribution in [0, 0.1) is 74.9 Å². The third kappa shape index (κ3) is 5.29. The lowest BCUT2D eigenvalue weighted by molar-refractivity contribution is -0.228. The van der Waals surface area contributed by atoms with E-state index in [1.54, 1.807) is 13.0 Å². The zero-order valence-corrected chi connectivity index (χ0v) is 34.1. The van der Waals surface area contributed by atoms with Gasteiger partial charge in [0, 0.05) is 29.1 Å². The molecule has 0 saturated heterocycles. The fourth-order valence-corrected chi connectivity index (χ4v) is 16.5. The Labute approximate surface area is 327 Å². The van der Waals surface area contributed by atoms with Crippen molar-refractivity contribution in [3.63, 3.8) is 0 Å². The van der Waals surface area contributed by atoms with Gasteiger partial charge in [0.05, 0.1) is 18.3 Å². The van der Waals surface area contributed by atoms with E-state index in [1.807, 2.05) is 13.8 Å². The second kappa shape index (κ2) is 13.3. The second-order valence-corrected chi connectivity index (χ2v) is 21.2. The summed E-state index contributed by atoms with van der Waals surface area (Å²) >= 11 is 0. The number of carbonyl (C=O) groups excluding carboxylic acids is 3. The molecule has 8 rings (SSSR count). The molecule has 8 nitrogen and oxygen atoms in total. The van der Waals surface area contributed by atoms with Gasteiger partial charge in [-0.2, -0.15) is 0 Å². The number of ether oxygens (including phenoxy) is 1. The monoisotopic (exact) mass is 766 g/mol. The Bertz CT molecular complexity index is 1660. The van der Waals surface area contributed by atoms with E-state index < -0.39 is 58.4 Å². The molecular weight excluding hydrogens is 699 g/mol. The molecule has 0 spiro atoms. The average molecular weight is 767 g/mol. The molecule has 0 heterocycles. The summed E-state index contributed by atoms with van der Waals surface area (Å²) in [5.41, 5.74) is -5.14. The van der Waals surface area contributed by atoms with Gasteiger partial charge in [0.1, 0.15) is 6.61 Å². The first-order chi connectivity index (χ1) is 25.8. The maximum Gasteiger partial charge on any atom is 0.306 e. The molecular formula is C46H67FO8. The predicted molar refractivity (Wildman–Crippen MR) is 205 cm³/mol. The number of hydrogen-bond acceptors (Lipinski definition) is 8. The van der Waals surface area contributed by atoms with E-state index in [-0.39, 0.29) is 59.4 Å². The van der Waals surface area contributed by atoms with Crippen LogP contribution in [0.1, 0.15) is 131 Å². The molecule has 8 aliphatic carbocycles. The van der Waals surface area contributed by atoms with Crippen LogP contribution in [0.4, 0.5) is 4.39 Å². The minimum Gasteiger partial charge on any atom is -0.450 e. The van der Waals surface area contributed by atoms with Gasteiger partial charge in [-0.3, -0.25) is 14.4 Å². The van der Waals surface area contributed by atoms with Crippen LogP contribution in [-0.4, -0.2) is 74.2 Å². The number of aliphatic hydroxyl groups is 4. The zero-order valence-electron chi connectivity index (χ0n) is 34.1. The highest BCUT2D eigenvalue weighted by Gasteiger charge is 2.77. The first-order valence-electron chi connectivity index (χ1n) is 21.8. The minimum atomic E-state index is -2.07. The number of halogens is 1. The van der Waals surface area contributed by atoms with Crippen molar-refractivity contribution in [3.8, 4) is 0 Å². The van der Waals surface area contributed by atoms with Gasteiger partial charge < -0.3 is 25.2 Å². The van der Waals surface area contributed by atoms with Gasteiger partial charge in [-0.05, 0) is 155 Å². The van der Waals surface area contributed by atoms with Gasteiger partial charge in [-0.1, -0.05) is 46.3 Å². The molecule has 7 fully saturated rings. The molecule has 0 aliphatic heterocycles. The highest BCUT2D eigenvalue weighted by molar-refractivity contribution is 6.01. The summed E-state index contributed by atoms with van der Waals surface area (Å²) in [6.45, 7) is 11.8. The number of allylic oxidation sites excluding steroid dienone is 4. The fraction of sp³-hybridized carbons (Fsp3) is 0.848. The predicted octanol–water partition coefficient (Wildman–Crippen LogP) is 6.85. The highest BCUT2D eigenvalue weighted by atomic mass is 19.1. The number of esters is 1. The molecule has 18 atom stereocenters. The number of fused-ring (bicyclic) bond motifs is 10. The number of hydrogen-bond donors (Lipinski definition) is 4.